The van der Waals surface area contributed by atoms with Crippen molar-refractivity contribution < 1.29 is 9.18 Å². The van der Waals surface area contributed by atoms with Crippen molar-refractivity contribution in [3.05, 3.63) is 30.1 Å². The van der Waals surface area contributed by atoms with E-state index in [1.807, 2.05) is 0 Å². The maximum Gasteiger partial charge on any atom is 0.238 e. The highest BCUT2D eigenvalue weighted by Gasteiger charge is 2.10. The van der Waals surface area contributed by atoms with E-state index in [9.17, 15) is 9.18 Å². The van der Waals surface area contributed by atoms with Crippen LogP contribution in [0.5, 0.6) is 0 Å². The summed E-state index contributed by atoms with van der Waals surface area (Å²) in [5, 5.41) is 5.64. The molecule has 1 aromatic rings. The smallest absolute Gasteiger partial charge is 0.238 e. The Morgan fingerprint density at radius 2 is 2.00 bits per heavy atom. The summed E-state index contributed by atoms with van der Waals surface area (Å²) < 4.78 is 13.3. The largest absolute Gasteiger partial charge is 0.322 e. The minimum Gasteiger partial charge on any atom is -0.322 e. The maximum absolute atomic E-state index is 13.3. The van der Waals surface area contributed by atoms with Crippen molar-refractivity contribution in [1.82, 2.24) is 10.2 Å². The zero-order valence-corrected chi connectivity index (χ0v) is 11.7. The third-order valence-corrected chi connectivity index (χ3v) is 3.46. The molecule has 0 spiro atoms. The Balaban J connectivity index is 1.57. The van der Waals surface area contributed by atoms with Crippen LogP contribution in [0.25, 0.3) is 0 Å². The molecule has 0 unspecified atom stereocenters. The van der Waals surface area contributed by atoms with Gasteiger partial charge in [-0.15, -0.1) is 0 Å². The number of anilines is 1. The molecular weight excluding hydrogens is 257 g/mol. The number of hydrogen-bond donors (Lipinski definition) is 2. The molecule has 2 rings (SSSR count). The molecule has 1 aliphatic heterocycles. The molecule has 2 N–H and O–H groups in total. The summed E-state index contributed by atoms with van der Waals surface area (Å²) in [6.07, 6.45) is 3.64. The summed E-state index contributed by atoms with van der Waals surface area (Å²) in [7, 11) is 0. The van der Waals surface area contributed by atoms with E-state index in [4.69, 9.17) is 0 Å². The quantitative estimate of drug-likeness (QED) is 0.749. The number of para-hydroxylation sites is 1. The van der Waals surface area contributed by atoms with Crippen molar-refractivity contribution in [3.8, 4) is 0 Å². The van der Waals surface area contributed by atoms with Gasteiger partial charge < -0.3 is 15.5 Å². The van der Waals surface area contributed by atoms with Crippen LogP contribution >= 0.6 is 0 Å². The fourth-order valence-electron chi connectivity index (χ4n) is 2.39. The third kappa shape index (κ3) is 4.90. The zero-order chi connectivity index (χ0) is 14.2. The van der Waals surface area contributed by atoms with Gasteiger partial charge in [0.05, 0.1) is 12.2 Å². The molecule has 0 aliphatic carbocycles. The first kappa shape index (κ1) is 14.9. The number of halogens is 1. The number of nitrogens with zero attached hydrogens (tertiary/aromatic N) is 1. The number of nitrogens with one attached hydrogen (secondary N) is 2. The lowest BCUT2D eigenvalue weighted by Gasteiger charge is -2.14. The van der Waals surface area contributed by atoms with Gasteiger partial charge in [-0.2, -0.15) is 0 Å². The lowest BCUT2D eigenvalue weighted by Crippen LogP contribution is -2.31. The van der Waals surface area contributed by atoms with Gasteiger partial charge in [-0.3, -0.25) is 4.79 Å². The molecule has 1 aliphatic rings. The van der Waals surface area contributed by atoms with E-state index < -0.39 is 5.82 Å². The molecule has 0 bridgehead atoms. The van der Waals surface area contributed by atoms with Crippen LogP contribution in [0.1, 0.15) is 19.3 Å². The first-order valence-electron chi connectivity index (χ1n) is 7.23. The molecule has 1 amide bonds. The second-order valence-electron chi connectivity index (χ2n) is 5.11. The normalized spacial score (nSPS) is 15.4. The van der Waals surface area contributed by atoms with Gasteiger partial charge in [0.15, 0.2) is 0 Å². The predicted octanol–water partition coefficient (Wildman–Crippen LogP) is 1.84. The molecule has 110 valence electrons. The van der Waals surface area contributed by atoms with Gasteiger partial charge in [-0.1, -0.05) is 12.1 Å². The Morgan fingerprint density at radius 1 is 1.25 bits per heavy atom. The number of benzene rings is 1. The van der Waals surface area contributed by atoms with Gasteiger partial charge in [0.1, 0.15) is 5.82 Å². The summed E-state index contributed by atoms with van der Waals surface area (Å²) in [4.78, 5) is 14.1. The van der Waals surface area contributed by atoms with Crippen molar-refractivity contribution in [1.29, 1.82) is 0 Å². The van der Waals surface area contributed by atoms with Gasteiger partial charge in [0, 0.05) is 0 Å². The van der Waals surface area contributed by atoms with E-state index in [0.29, 0.717) is 0 Å². The molecule has 0 radical (unpaired) electrons. The zero-order valence-electron chi connectivity index (χ0n) is 11.7. The molecule has 5 heteroatoms. The molecule has 1 fully saturated rings. The highest BCUT2D eigenvalue weighted by Crippen LogP contribution is 2.11. The van der Waals surface area contributed by atoms with Gasteiger partial charge >= 0.3 is 0 Å². The molecule has 0 atom stereocenters. The van der Waals surface area contributed by atoms with Crippen LogP contribution in [0.3, 0.4) is 0 Å². The Hall–Kier alpha value is -1.46. The first-order chi connectivity index (χ1) is 9.75. The summed E-state index contributed by atoms with van der Waals surface area (Å²) in [6.45, 7) is 4.51. The van der Waals surface area contributed by atoms with E-state index >= 15 is 0 Å². The minimum atomic E-state index is -0.408. The predicted molar refractivity (Wildman–Crippen MR) is 78.2 cm³/mol. The highest BCUT2D eigenvalue weighted by molar-refractivity contribution is 5.92. The van der Waals surface area contributed by atoms with Crippen LogP contribution < -0.4 is 10.6 Å². The van der Waals surface area contributed by atoms with Crippen molar-refractivity contribution in [2.45, 2.75) is 19.3 Å². The van der Waals surface area contributed by atoms with E-state index in [2.05, 4.69) is 15.5 Å². The van der Waals surface area contributed by atoms with Crippen LogP contribution in [0, 0.1) is 5.82 Å². The number of likely N-dealkylation sites (tertiary alicyclic amines) is 1. The van der Waals surface area contributed by atoms with Gasteiger partial charge in [-0.05, 0) is 57.6 Å². The highest BCUT2D eigenvalue weighted by atomic mass is 19.1. The third-order valence-electron chi connectivity index (χ3n) is 3.46. The van der Waals surface area contributed by atoms with E-state index in [-0.39, 0.29) is 18.1 Å². The number of carbonyl (C=O) groups excluding carboxylic acids is 1. The number of carbonyl (C=O) groups is 1. The van der Waals surface area contributed by atoms with E-state index in [1.165, 1.54) is 32.0 Å². The van der Waals surface area contributed by atoms with Crippen LogP contribution in [0.15, 0.2) is 24.3 Å². The lowest BCUT2D eigenvalue weighted by molar-refractivity contribution is -0.115. The maximum atomic E-state index is 13.3. The number of amides is 1. The molecular formula is C15H22FN3O. The fourth-order valence-corrected chi connectivity index (χ4v) is 2.39. The molecule has 1 aromatic carbocycles. The Morgan fingerprint density at radius 3 is 2.75 bits per heavy atom. The summed E-state index contributed by atoms with van der Waals surface area (Å²) in [6, 6.07) is 6.18. The molecule has 0 aromatic heterocycles. The van der Waals surface area contributed by atoms with Crippen molar-refractivity contribution in [2.24, 2.45) is 0 Å². The second kappa shape index (κ2) is 7.97. The second-order valence-corrected chi connectivity index (χ2v) is 5.11. The molecule has 20 heavy (non-hydrogen) atoms. The summed E-state index contributed by atoms with van der Waals surface area (Å²) in [5.41, 5.74) is 0.233. The first-order valence-corrected chi connectivity index (χ1v) is 7.23. The SMILES string of the molecule is O=C(CNCCCN1CCCC1)Nc1ccccc1F. The Bertz CT molecular complexity index is 433. The van der Waals surface area contributed by atoms with Crippen molar-refractivity contribution >= 4 is 11.6 Å². The Labute approximate surface area is 119 Å². The van der Waals surface area contributed by atoms with Gasteiger partial charge in [0.2, 0.25) is 5.91 Å². The molecule has 1 saturated heterocycles. The monoisotopic (exact) mass is 279 g/mol. The fraction of sp³-hybridized carbons (Fsp3) is 0.533. The lowest BCUT2D eigenvalue weighted by atomic mass is 10.3. The summed E-state index contributed by atoms with van der Waals surface area (Å²) >= 11 is 0. The van der Waals surface area contributed by atoms with Crippen LogP contribution in [0.2, 0.25) is 0 Å². The van der Waals surface area contributed by atoms with E-state index in [0.717, 1.165) is 19.5 Å². The van der Waals surface area contributed by atoms with Crippen LogP contribution in [-0.2, 0) is 4.79 Å². The van der Waals surface area contributed by atoms with E-state index in [1.54, 1.807) is 18.2 Å². The van der Waals surface area contributed by atoms with Crippen LogP contribution in [0.4, 0.5) is 10.1 Å². The molecule has 0 saturated carbocycles. The van der Waals surface area contributed by atoms with Crippen LogP contribution in [-0.4, -0.2) is 43.5 Å². The standard InChI is InChI=1S/C15H22FN3O/c16-13-6-1-2-7-14(13)18-15(20)12-17-8-5-11-19-9-3-4-10-19/h1-2,6-7,17H,3-5,8-12H2,(H,18,20). The average Bonchev–Trinajstić information content (AvgIpc) is 2.94. The van der Waals surface area contributed by atoms with Crippen molar-refractivity contribution in [2.75, 3.05) is 38.0 Å². The molecule has 4 nitrogen and oxygen atoms in total. The number of rotatable bonds is 7. The van der Waals surface area contributed by atoms with Gasteiger partial charge in [-0.25, -0.2) is 4.39 Å². The minimum absolute atomic E-state index is 0.212. The van der Waals surface area contributed by atoms with Gasteiger partial charge in [0.25, 0.3) is 0 Å². The Kier molecular flexibility index (Phi) is 5.95. The number of hydrogen-bond acceptors (Lipinski definition) is 3. The average molecular weight is 279 g/mol. The molecule has 1 heterocycles. The topological polar surface area (TPSA) is 44.4 Å². The summed E-state index contributed by atoms with van der Waals surface area (Å²) in [5.74, 6) is -0.619. The van der Waals surface area contributed by atoms with Crippen molar-refractivity contribution in [3.63, 3.8) is 0 Å².